The third-order valence-electron chi connectivity index (χ3n) is 3.74. The van der Waals surface area contributed by atoms with Crippen molar-refractivity contribution in [3.05, 3.63) is 48.4 Å². The van der Waals surface area contributed by atoms with Crippen molar-refractivity contribution in [2.45, 2.75) is 16.7 Å². The van der Waals surface area contributed by atoms with E-state index in [1.807, 2.05) is 13.0 Å². The standard InChI is InChI=1S/C15H13N5O2S/c1-9-3-2-4-10(5-9)23(21,22)11-6-18-15-14(11)20-12(16)7-17-13(20)8-19-15/h2-8,18H,16H2,1H3. The summed E-state index contributed by atoms with van der Waals surface area (Å²) in [5.74, 6) is 0.354. The van der Waals surface area contributed by atoms with E-state index in [9.17, 15) is 8.42 Å². The molecule has 7 nitrogen and oxygen atoms in total. The fourth-order valence-corrected chi connectivity index (χ4v) is 4.16. The molecule has 0 fully saturated rings. The topological polar surface area (TPSA) is 106 Å². The SMILES string of the molecule is Cc1cccc(S(=O)(=O)c2c[nH]c3ncc4ncc(N)n4c23)c1. The van der Waals surface area contributed by atoms with Crippen molar-refractivity contribution in [3.63, 3.8) is 0 Å². The molecule has 0 atom stereocenters. The number of H-pyrrole nitrogens is 1. The van der Waals surface area contributed by atoms with E-state index in [4.69, 9.17) is 5.73 Å². The zero-order valence-electron chi connectivity index (χ0n) is 12.2. The van der Waals surface area contributed by atoms with Crippen LogP contribution in [0.4, 0.5) is 5.82 Å². The number of benzene rings is 1. The van der Waals surface area contributed by atoms with Gasteiger partial charge in [0.05, 0.1) is 17.3 Å². The Morgan fingerprint density at radius 1 is 1.22 bits per heavy atom. The van der Waals surface area contributed by atoms with E-state index in [0.717, 1.165) is 5.56 Å². The van der Waals surface area contributed by atoms with Gasteiger partial charge in [-0.3, -0.25) is 4.40 Å². The molecule has 4 rings (SSSR count). The first-order chi connectivity index (χ1) is 11.0. The summed E-state index contributed by atoms with van der Waals surface area (Å²) in [5.41, 5.74) is 8.15. The van der Waals surface area contributed by atoms with E-state index in [1.165, 1.54) is 18.6 Å². The molecule has 4 aromatic rings. The van der Waals surface area contributed by atoms with Crippen LogP contribution in [0.25, 0.3) is 16.8 Å². The van der Waals surface area contributed by atoms with Crippen LogP contribution in [0.3, 0.4) is 0 Å². The zero-order valence-corrected chi connectivity index (χ0v) is 13.0. The summed E-state index contributed by atoms with van der Waals surface area (Å²) in [6, 6.07) is 6.78. The second-order valence-corrected chi connectivity index (χ2v) is 7.22. The number of rotatable bonds is 2. The molecule has 3 N–H and O–H groups in total. The molecule has 0 radical (unpaired) electrons. The molecule has 1 aromatic carbocycles. The average molecular weight is 327 g/mol. The summed E-state index contributed by atoms with van der Waals surface area (Å²) in [7, 11) is -3.71. The number of anilines is 1. The molecule has 0 spiro atoms. The Kier molecular flexibility index (Phi) is 2.73. The Labute approximate surface area is 131 Å². The molecule has 3 aromatic heterocycles. The van der Waals surface area contributed by atoms with Crippen molar-refractivity contribution < 1.29 is 8.42 Å². The number of fused-ring (bicyclic) bond motifs is 3. The van der Waals surface area contributed by atoms with Crippen molar-refractivity contribution >= 4 is 32.5 Å². The largest absolute Gasteiger partial charge is 0.383 e. The van der Waals surface area contributed by atoms with Crippen molar-refractivity contribution in [2.75, 3.05) is 5.73 Å². The monoisotopic (exact) mass is 327 g/mol. The molecular weight excluding hydrogens is 314 g/mol. The molecule has 0 aliphatic rings. The van der Waals surface area contributed by atoms with Crippen LogP contribution >= 0.6 is 0 Å². The Hall–Kier alpha value is -2.87. The van der Waals surface area contributed by atoms with E-state index >= 15 is 0 Å². The molecule has 0 saturated heterocycles. The predicted octanol–water partition coefficient (Wildman–Crippen LogP) is 1.93. The Bertz CT molecular complexity index is 1160. The summed E-state index contributed by atoms with van der Waals surface area (Å²) in [5, 5.41) is 0. The van der Waals surface area contributed by atoms with Gasteiger partial charge in [-0.1, -0.05) is 12.1 Å². The number of nitrogens with one attached hydrogen (secondary N) is 1. The number of aromatic nitrogens is 4. The zero-order chi connectivity index (χ0) is 16.2. The van der Waals surface area contributed by atoms with Gasteiger partial charge in [-0.15, -0.1) is 0 Å². The number of nitrogens with zero attached hydrogens (tertiary/aromatic N) is 3. The summed E-state index contributed by atoms with van der Waals surface area (Å²) < 4.78 is 27.6. The maximum atomic E-state index is 13.0. The van der Waals surface area contributed by atoms with E-state index in [-0.39, 0.29) is 9.79 Å². The number of nitrogens with two attached hydrogens (primary N) is 1. The lowest BCUT2D eigenvalue weighted by Crippen LogP contribution is -2.04. The summed E-state index contributed by atoms with van der Waals surface area (Å²) >= 11 is 0. The Balaban J connectivity index is 2.10. The second-order valence-electron chi connectivity index (χ2n) is 5.30. The fourth-order valence-electron chi connectivity index (χ4n) is 2.65. The van der Waals surface area contributed by atoms with Gasteiger partial charge in [0.25, 0.3) is 0 Å². The second kappa shape index (κ2) is 4.56. The number of imidazole rings is 1. The van der Waals surface area contributed by atoms with Gasteiger partial charge in [-0.2, -0.15) is 0 Å². The number of nitrogen functional groups attached to an aromatic ring is 1. The first-order valence-corrected chi connectivity index (χ1v) is 8.37. The maximum Gasteiger partial charge on any atom is 0.210 e. The van der Waals surface area contributed by atoms with E-state index in [0.29, 0.717) is 22.6 Å². The highest BCUT2D eigenvalue weighted by molar-refractivity contribution is 7.91. The quantitative estimate of drug-likeness (QED) is 0.585. The Morgan fingerprint density at radius 2 is 2.04 bits per heavy atom. The molecule has 0 bridgehead atoms. The van der Waals surface area contributed by atoms with Crippen LogP contribution in [0.1, 0.15) is 5.56 Å². The lowest BCUT2D eigenvalue weighted by molar-refractivity contribution is 0.596. The molecule has 8 heteroatoms. The van der Waals surface area contributed by atoms with Crippen molar-refractivity contribution in [1.82, 2.24) is 19.4 Å². The number of hydrogen-bond donors (Lipinski definition) is 2. The normalized spacial score (nSPS) is 12.2. The van der Waals surface area contributed by atoms with Crippen LogP contribution in [-0.4, -0.2) is 27.8 Å². The molecule has 23 heavy (non-hydrogen) atoms. The average Bonchev–Trinajstić information content (AvgIpc) is 3.11. The van der Waals surface area contributed by atoms with Gasteiger partial charge in [-0.05, 0) is 24.6 Å². The number of hydrogen-bond acceptors (Lipinski definition) is 5. The lowest BCUT2D eigenvalue weighted by atomic mass is 10.2. The van der Waals surface area contributed by atoms with Crippen LogP contribution in [0.15, 0.2) is 52.6 Å². The summed E-state index contributed by atoms with van der Waals surface area (Å²) in [6.45, 7) is 1.85. The van der Waals surface area contributed by atoms with Gasteiger partial charge in [0.15, 0.2) is 11.3 Å². The highest BCUT2D eigenvalue weighted by Crippen LogP contribution is 2.29. The van der Waals surface area contributed by atoms with Crippen LogP contribution in [-0.2, 0) is 9.84 Å². The van der Waals surface area contributed by atoms with Gasteiger partial charge < -0.3 is 10.7 Å². The maximum absolute atomic E-state index is 13.0. The summed E-state index contributed by atoms with van der Waals surface area (Å²) in [6.07, 6.45) is 4.46. The third kappa shape index (κ3) is 1.92. The smallest absolute Gasteiger partial charge is 0.210 e. The number of sulfone groups is 1. The van der Waals surface area contributed by atoms with Crippen molar-refractivity contribution in [1.29, 1.82) is 0 Å². The molecule has 3 heterocycles. The molecule has 0 aliphatic heterocycles. The molecule has 116 valence electrons. The Morgan fingerprint density at radius 3 is 2.83 bits per heavy atom. The van der Waals surface area contributed by atoms with Crippen molar-refractivity contribution in [3.8, 4) is 0 Å². The third-order valence-corrected chi connectivity index (χ3v) is 5.50. The van der Waals surface area contributed by atoms with Gasteiger partial charge >= 0.3 is 0 Å². The van der Waals surface area contributed by atoms with E-state index in [2.05, 4.69) is 15.0 Å². The predicted molar refractivity (Wildman–Crippen MR) is 85.9 cm³/mol. The highest BCUT2D eigenvalue weighted by atomic mass is 32.2. The van der Waals surface area contributed by atoms with Gasteiger partial charge in [0, 0.05) is 6.20 Å². The fraction of sp³-hybridized carbons (Fsp3) is 0.0667. The van der Waals surface area contributed by atoms with Crippen LogP contribution in [0, 0.1) is 6.92 Å². The molecule has 0 aliphatic carbocycles. The minimum absolute atomic E-state index is 0.126. The molecular formula is C15H13N5O2S. The molecule has 0 unspecified atom stereocenters. The first-order valence-electron chi connectivity index (χ1n) is 6.89. The highest BCUT2D eigenvalue weighted by Gasteiger charge is 2.24. The number of aromatic amines is 1. The summed E-state index contributed by atoms with van der Waals surface area (Å²) in [4.78, 5) is 11.6. The van der Waals surface area contributed by atoms with Gasteiger partial charge in [0.1, 0.15) is 16.2 Å². The van der Waals surface area contributed by atoms with Gasteiger partial charge in [-0.25, -0.2) is 18.4 Å². The van der Waals surface area contributed by atoms with Crippen molar-refractivity contribution in [2.24, 2.45) is 0 Å². The van der Waals surface area contributed by atoms with Crippen LogP contribution in [0.2, 0.25) is 0 Å². The minimum Gasteiger partial charge on any atom is -0.383 e. The minimum atomic E-state index is -3.71. The van der Waals surface area contributed by atoms with E-state index < -0.39 is 9.84 Å². The van der Waals surface area contributed by atoms with Gasteiger partial charge in [0.2, 0.25) is 9.84 Å². The van der Waals surface area contributed by atoms with E-state index in [1.54, 1.807) is 22.6 Å². The van der Waals surface area contributed by atoms with Crippen LogP contribution in [0.5, 0.6) is 0 Å². The van der Waals surface area contributed by atoms with Crippen LogP contribution < -0.4 is 5.73 Å². The first kappa shape index (κ1) is 13.8. The molecule has 0 saturated carbocycles. The molecule has 0 amide bonds. The number of aryl methyl sites for hydroxylation is 1. The lowest BCUT2D eigenvalue weighted by Gasteiger charge is -2.06.